The molecule has 1 aliphatic rings. The molecule has 0 bridgehead atoms. The lowest BCUT2D eigenvalue weighted by atomic mass is 10.2. The van der Waals surface area contributed by atoms with E-state index in [0.717, 1.165) is 30.9 Å². The second kappa shape index (κ2) is 7.14. The molecule has 0 unspecified atom stereocenters. The van der Waals surface area contributed by atoms with Crippen molar-refractivity contribution in [1.29, 1.82) is 0 Å². The average molecular weight is 262 g/mol. The second-order valence-corrected chi connectivity index (χ2v) is 4.92. The summed E-state index contributed by atoms with van der Waals surface area (Å²) in [4.78, 5) is 11.6. The Morgan fingerprint density at radius 1 is 1.37 bits per heavy atom. The lowest BCUT2D eigenvalue weighted by Crippen LogP contribution is -2.30. The third kappa shape index (κ3) is 4.91. The molecule has 0 heterocycles. The Morgan fingerprint density at radius 2 is 2.16 bits per heavy atom. The van der Waals surface area contributed by atoms with E-state index in [2.05, 4.69) is 17.6 Å². The number of carbonyl (C=O) groups is 1. The van der Waals surface area contributed by atoms with Gasteiger partial charge in [0.2, 0.25) is 0 Å². The molecule has 1 aliphatic carbocycles. The molecule has 4 nitrogen and oxygen atoms in total. The highest BCUT2D eigenvalue weighted by atomic mass is 16.5. The largest absolute Gasteiger partial charge is 0.483 e. The van der Waals surface area contributed by atoms with Gasteiger partial charge in [-0.25, -0.2) is 0 Å². The van der Waals surface area contributed by atoms with Gasteiger partial charge in [-0.3, -0.25) is 4.79 Å². The first-order valence-electron chi connectivity index (χ1n) is 6.97. The van der Waals surface area contributed by atoms with E-state index in [4.69, 9.17) is 4.74 Å². The maximum atomic E-state index is 11.6. The number of hydrogen-bond acceptors (Lipinski definition) is 3. The van der Waals surface area contributed by atoms with Crippen LogP contribution in [0.2, 0.25) is 0 Å². The third-order valence-electron chi connectivity index (χ3n) is 3.18. The maximum absolute atomic E-state index is 11.6. The fourth-order valence-electron chi connectivity index (χ4n) is 1.82. The molecule has 1 saturated carbocycles. The molecular formula is C15H22N2O2. The van der Waals surface area contributed by atoms with E-state index in [9.17, 15) is 4.79 Å². The zero-order chi connectivity index (χ0) is 13.5. The molecule has 19 heavy (non-hydrogen) atoms. The summed E-state index contributed by atoms with van der Waals surface area (Å²) in [5.41, 5.74) is 1.08. The van der Waals surface area contributed by atoms with Crippen LogP contribution < -0.4 is 15.4 Å². The topological polar surface area (TPSA) is 50.4 Å². The van der Waals surface area contributed by atoms with Crippen molar-refractivity contribution >= 4 is 5.91 Å². The molecule has 1 fully saturated rings. The average Bonchev–Trinajstić information content (AvgIpc) is 3.25. The first-order chi connectivity index (χ1) is 9.29. The van der Waals surface area contributed by atoms with Crippen LogP contribution in [0, 0.1) is 5.92 Å². The fraction of sp³-hybridized carbons (Fsp3) is 0.533. The molecule has 4 heteroatoms. The Balaban J connectivity index is 1.78. The van der Waals surface area contributed by atoms with Gasteiger partial charge in [0.05, 0.1) is 0 Å². The Hall–Kier alpha value is -1.55. The number of carbonyl (C=O) groups excluding carboxylic acids is 1. The van der Waals surface area contributed by atoms with Gasteiger partial charge in [0, 0.05) is 18.7 Å². The highest BCUT2D eigenvalue weighted by Gasteiger charge is 2.21. The number of para-hydroxylation sites is 1. The van der Waals surface area contributed by atoms with Gasteiger partial charge in [0.25, 0.3) is 5.91 Å². The summed E-state index contributed by atoms with van der Waals surface area (Å²) in [5.74, 6) is 1.44. The van der Waals surface area contributed by atoms with Crippen molar-refractivity contribution < 1.29 is 9.53 Å². The van der Waals surface area contributed by atoms with E-state index < -0.39 is 0 Å². The summed E-state index contributed by atoms with van der Waals surface area (Å²) in [7, 11) is 0. The molecule has 2 N–H and O–H groups in total. The summed E-state index contributed by atoms with van der Waals surface area (Å²) < 4.78 is 5.60. The van der Waals surface area contributed by atoms with Crippen LogP contribution in [-0.4, -0.2) is 25.6 Å². The Kier molecular flexibility index (Phi) is 5.21. The molecule has 0 radical (unpaired) electrons. The van der Waals surface area contributed by atoms with E-state index in [1.54, 1.807) is 0 Å². The van der Waals surface area contributed by atoms with Gasteiger partial charge in [-0.15, -0.1) is 0 Å². The molecule has 1 aromatic carbocycles. The predicted molar refractivity (Wildman–Crippen MR) is 75.1 cm³/mol. The number of amides is 1. The van der Waals surface area contributed by atoms with Gasteiger partial charge in [-0.05, 0) is 31.4 Å². The maximum Gasteiger partial charge on any atom is 0.257 e. The van der Waals surface area contributed by atoms with Crippen LogP contribution in [0.4, 0.5) is 0 Å². The molecule has 0 atom stereocenters. The van der Waals surface area contributed by atoms with E-state index in [1.165, 1.54) is 12.8 Å². The number of hydrogen-bond donors (Lipinski definition) is 2. The van der Waals surface area contributed by atoms with Crippen LogP contribution in [0.25, 0.3) is 0 Å². The molecule has 1 amide bonds. The molecule has 2 rings (SSSR count). The minimum Gasteiger partial charge on any atom is -0.483 e. The highest BCUT2D eigenvalue weighted by Crippen LogP contribution is 2.27. The third-order valence-corrected chi connectivity index (χ3v) is 3.18. The molecule has 1 aromatic rings. The first-order valence-corrected chi connectivity index (χ1v) is 6.97. The van der Waals surface area contributed by atoms with E-state index >= 15 is 0 Å². The van der Waals surface area contributed by atoms with Crippen LogP contribution in [0.1, 0.15) is 25.3 Å². The summed E-state index contributed by atoms with van der Waals surface area (Å²) in [6.07, 6.45) is 2.49. The van der Waals surface area contributed by atoms with Crippen molar-refractivity contribution in [3.05, 3.63) is 29.8 Å². The van der Waals surface area contributed by atoms with Gasteiger partial charge < -0.3 is 15.4 Å². The Labute approximate surface area is 114 Å². The quantitative estimate of drug-likeness (QED) is 0.750. The number of ether oxygens (including phenoxy) is 1. The van der Waals surface area contributed by atoms with Crippen LogP contribution in [0.3, 0.4) is 0 Å². The van der Waals surface area contributed by atoms with Crippen LogP contribution in [0.15, 0.2) is 24.3 Å². The monoisotopic (exact) mass is 262 g/mol. The molecule has 0 aromatic heterocycles. The van der Waals surface area contributed by atoms with E-state index in [1.807, 2.05) is 24.3 Å². The van der Waals surface area contributed by atoms with Crippen LogP contribution >= 0.6 is 0 Å². The van der Waals surface area contributed by atoms with Gasteiger partial charge in [-0.2, -0.15) is 0 Å². The molecule has 0 spiro atoms. The van der Waals surface area contributed by atoms with Crippen LogP contribution in [0.5, 0.6) is 5.75 Å². The van der Waals surface area contributed by atoms with Crippen molar-refractivity contribution in [1.82, 2.24) is 10.6 Å². The second-order valence-electron chi connectivity index (χ2n) is 4.92. The Bertz CT molecular complexity index is 416. The fourth-order valence-corrected chi connectivity index (χ4v) is 1.82. The van der Waals surface area contributed by atoms with Crippen LogP contribution in [-0.2, 0) is 11.3 Å². The van der Waals surface area contributed by atoms with E-state index in [-0.39, 0.29) is 12.5 Å². The summed E-state index contributed by atoms with van der Waals surface area (Å²) in [6.45, 7) is 4.62. The first kappa shape index (κ1) is 13.9. The zero-order valence-electron chi connectivity index (χ0n) is 11.4. The van der Waals surface area contributed by atoms with Gasteiger partial charge >= 0.3 is 0 Å². The number of rotatable bonds is 8. The predicted octanol–water partition coefficient (Wildman–Crippen LogP) is 1.70. The summed E-state index contributed by atoms with van der Waals surface area (Å²) in [5, 5.41) is 6.16. The summed E-state index contributed by atoms with van der Waals surface area (Å²) in [6, 6.07) is 7.82. The zero-order valence-corrected chi connectivity index (χ0v) is 11.4. The SMILES string of the molecule is CCNCc1ccccc1OCC(=O)NCC1CC1. The Morgan fingerprint density at radius 3 is 2.89 bits per heavy atom. The molecule has 0 saturated heterocycles. The molecule has 0 aliphatic heterocycles. The summed E-state index contributed by atoms with van der Waals surface area (Å²) >= 11 is 0. The minimum atomic E-state index is -0.0369. The van der Waals surface area contributed by atoms with Crippen molar-refractivity contribution in [2.24, 2.45) is 5.92 Å². The number of nitrogens with one attached hydrogen (secondary N) is 2. The molecular weight excluding hydrogens is 240 g/mol. The van der Waals surface area contributed by atoms with Crippen molar-refractivity contribution in [2.45, 2.75) is 26.3 Å². The van der Waals surface area contributed by atoms with Gasteiger partial charge in [-0.1, -0.05) is 25.1 Å². The van der Waals surface area contributed by atoms with Gasteiger partial charge in [0.1, 0.15) is 5.75 Å². The van der Waals surface area contributed by atoms with Gasteiger partial charge in [0.15, 0.2) is 6.61 Å². The van der Waals surface area contributed by atoms with E-state index in [0.29, 0.717) is 5.92 Å². The number of benzene rings is 1. The van der Waals surface area contributed by atoms with Crippen molar-refractivity contribution in [2.75, 3.05) is 19.7 Å². The standard InChI is InChI=1S/C15H22N2O2/c1-2-16-10-13-5-3-4-6-14(13)19-11-15(18)17-9-12-7-8-12/h3-6,12,16H,2,7-11H2,1H3,(H,17,18). The highest BCUT2D eigenvalue weighted by molar-refractivity contribution is 5.77. The normalized spacial score (nSPS) is 14.2. The smallest absolute Gasteiger partial charge is 0.257 e. The molecule has 104 valence electrons. The minimum absolute atomic E-state index is 0.0369. The van der Waals surface area contributed by atoms with Crippen molar-refractivity contribution in [3.8, 4) is 5.75 Å². The lowest BCUT2D eigenvalue weighted by molar-refractivity contribution is -0.123. The van der Waals surface area contributed by atoms with Crippen molar-refractivity contribution in [3.63, 3.8) is 0 Å². The lowest BCUT2D eigenvalue weighted by Gasteiger charge is -2.11.